The Morgan fingerprint density at radius 3 is 2.32 bits per heavy atom. The van der Waals surface area contributed by atoms with Crippen LogP contribution in [0.1, 0.15) is 96.2 Å². The van der Waals surface area contributed by atoms with E-state index in [1.54, 1.807) is 12.1 Å². The number of aryl methyl sites for hydroxylation is 2. The van der Waals surface area contributed by atoms with E-state index in [2.05, 4.69) is 18.4 Å². The summed E-state index contributed by atoms with van der Waals surface area (Å²) < 4.78 is 5.50. The third-order valence-electron chi connectivity index (χ3n) is 6.97. The highest BCUT2D eigenvalue weighted by molar-refractivity contribution is 6.00. The molecule has 0 aromatic heterocycles. The van der Waals surface area contributed by atoms with Gasteiger partial charge in [0.2, 0.25) is 0 Å². The molecule has 1 N–H and O–H groups in total. The Bertz CT molecular complexity index is 975. The molecule has 5 heteroatoms. The minimum atomic E-state index is -0.259. The molecule has 1 aliphatic rings. The smallest absolute Gasteiger partial charge is 0.272 e. The molecule has 0 aliphatic heterocycles. The predicted molar refractivity (Wildman–Crippen MR) is 137 cm³/mol. The van der Waals surface area contributed by atoms with Gasteiger partial charge in [0.1, 0.15) is 5.75 Å². The zero-order valence-corrected chi connectivity index (χ0v) is 21.4. The summed E-state index contributed by atoms with van der Waals surface area (Å²) in [5.41, 5.74) is 7.18. The fraction of sp³-hybridized carbons (Fsp3) is 0.517. The number of rotatable bonds is 8. The molecule has 1 unspecified atom stereocenters. The van der Waals surface area contributed by atoms with Crippen molar-refractivity contribution < 1.29 is 14.3 Å². The fourth-order valence-corrected chi connectivity index (χ4v) is 5.42. The Morgan fingerprint density at radius 2 is 1.74 bits per heavy atom. The normalized spacial score (nSPS) is 15.0. The van der Waals surface area contributed by atoms with Gasteiger partial charge < -0.3 is 4.74 Å². The summed E-state index contributed by atoms with van der Waals surface area (Å²) in [6, 6.07) is 11.4. The molecule has 1 aliphatic carbocycles. The summed E-state index contributed by atoms with van der Waals surface area (Å²) in [5.74, 6) is 0.690. The topological polar surface area (TPSA) is 58.6 Å². The van der Waals surface area contributed by atoms with Crippen molar-refractivity contribution in [3.05, 3.63) is 64.2 Å². The largest absolute Gasteiger partial charge is 0.496 e. The van der Waals surface area contributed by atoms with E-state index in [4.69, 9.17) is 4.74 Å². The van der Waals surface area contributed by atoms with Gasteiger partial charge in [0, 0.05) is 16.7 Å². The quantitative estimate of drug-likeness (QED) is 0.459. The van der Waals surface area contributed by atoms with Crippen molar-refractivity contribution in [1.29, 1.82) is 0 Å². The summed E-state index contributed by atoms with van der Waals surface area (Å²) >= 11 is 0. The van der Waals surface area contributed by atoms with Crippen LogP contribution in [0.15, 0.2) is 36.4 Å². The van der Waals surface area contributed by atoms with Crippen molar-refractivity contribution in [2.75, 3.05) is 7.11 Å². The van der Waals surface area contributed by atoms with Crippen LogP contribution in [0.4, 0.5) is 0 Å². The maximum atomic E-state index is 13.9. The van der Waals surface area contributed by atoms with Crippen LogP contribution in [-0.4, -0.2) is 30.0 Å². The first-order chi connectivity index (χ1) is 16.4. The zero-order chi connectivity index (χ0) is 24.7. The van der Waals surface area contributed by atoms with Crippen molar-refractivity contribution in [2.45, 2.75) is 85.1 Å². The number of hydrazine groups is 1. The number of benzene rings is 2. The molecule has 0 saturated heterocycles. The van der Waals surface area contributed by atoms with Gasteiger partial charge in [0.15, 0.2) is 0 Å². The monoisotopic (exact) mass is 464 g/mol. The van der Waals surface area contributed by atoms with Crippen LogP contribution in [0, 0.1) is 19.8 Å². The molecule has 1 fully saturated rings. The lowest BCUT2D eigenvalue weighted by Gasteiger charge is -2.39. The minimum Gasteiger partial charge on any atom is -0.496 e. The Morgan fingerprint density at radius 1 is 1.06 bits per heavy atom. The molecule has 1 saturated carbocycles. The van der Waals surface area contributed by atoms with E-state index >= 15 is 0 Å². The second-order valence-electron chi connectivity index (χ2n) is 9.59. The lowest BCUT2D eigenvalue weighted by Crippen LogP contribution is -2.55. The first-order valence-electron chi connectivity index (χ1n) is 12.8. The molecule has 184 valence electrons. The molecule has 1 atom stereocenters. The van der Waals surface area contributed by atoms with E-state index < -0.39 is 0 Å². The number of carbonyl (C=O) groups excluding carboxylic acids is 2. The molecule has 2 aromatic carbocycles. The zero-order valence-electron chi connectivity index (χ0n) is 21.4. The van der Waals surface area contributed by atoms with Gasteiger partial charge in [-0.3, -0.25) is 15.0 Å². The van der Waals surface area contributed by atoms with Crippen LogP contribution >= 0.6 is 0 Å². The first kappa shape index (κ1) is 25.8. The molecule has 2 amide bonds. The van der Waals surface area contributed by atoms with Gasteiger partial charge in [0.05, 0.1) is 13.2 Å². The summed E-state index contributed by atoms with van der Waals surface area (Å²) in [5, 5.41) is 1.66. The summed E-state index contributed by atoms with van der Waals surface area (Å²) in [6.07, 6.45) is 8.27. The van der Waals surface area contributed by atoms with Crippen LogP contribution in [0.3, 0.4) is 0 Å². The Balaban J connectivity index is 2.01. The number of nitrogens with one attached hydrogen (secondary N) is 1. The summed E-state index contributed by atoms with van der Waals surface area (Å²) in [4.78, 5) is 27.5. The maximum Gasteiger partial charge on any atom is 0.272 e. The van der Waals surface area contributed by atoms with Crippen molar-refractivity contribution >= 4 is 11.8 Å². The van der Waals surface area contributed by atoms with Gasteiger partial charge in [-0.15, -0.1) is 0 Å². The van der Waals surface area contributed by atoms with Crippen molar-refractivity contribution in [3.63, 3.8) is 0 Å². The van der Waals surface area contributed by atoms with E-state index in [-0.39, 0.29) is 17.9 Å². The molecule has 34 heavy (non-hydrogen) atoms. The molecular weight excluding hydrogens is 424 g/mol. The number of methoxy groups -OCH3 is 1. The average Bonchev–Trinajstić information content (AvgIpc) is 2.84. The highest BCUT2D eigenvalue weighted by Crippen LogP contribution is 2.32. The molecule has 0 bridgehead atoms. The van der Waals surface area contributed by atoms with Gasteiger partial charge >= 0.3 is 0 Å². The number of ether oxygens (including phenoxy) is 1. The van der Waals surface area contributed by atoms with Crippen LogP contribution in [0.25, 0.3) is 0 Å². The highest BCUT2D eigenvalue weighted by atomic mass is 16.5. The Hall–Kier alpha value is -2.82. The molecule has 2 aromatic rings. The number of amides is 2. The Kier molecular flexibility index (Phi) is 9.14. The van der Waals surface area contributed by atoms with Crippen LogP contribution in [-0.2, 0) is 6.42 Å². The molecule has 0 spiro atoms. The van der Waals surface area contributed by atoms with Gasteiger partial charge in [-0.1, -0.05) is 62.8 Å². The third kappa shape index (κ3) is 5.99. The van der Waals surface area contributed by atoms with E-state index in [1.165, 1.54) is 19.3 Å². The molecule has 5 nitrogen and oxygen atoms in total. The van der Waals surface area contributed by atoms with Gasteiger partial charge in [0.25, 0.3) is 11.8 Å². The number of nitrogens with zero attached hydrogens (tertiary/aromatic N) is 1. The standard InChI is InChI=1S/C29H40N2O3/c1-6-12-26(22-13-9-8-10-14-22)31(29(33)23-18-20(3)17-21(4)19-23)30-28(32)25-15-11-16-27(34-5)24(25)7-2/h11,15-19,22,26H,6-10,12-14H2,1-5H3,(H,30,32). The minimum absolute atomic E-state index is 0.0294. The lowest BCUT2D eigenvalue weighted by molar-refractivity contribution is 0.0332. The van der Waals surface area contributed by atoms with E-state index in [1.807, 2.05) is 51.1 Å². The van der Waals surface area contributed by atoms with E-state index in [9.17, 15) is 9.59 Å². The van der Waals surface area contributed by atoms with Crippen molar-refractivity contribution in [3.8, 4) is 5.75 Å². The highest BCUT2D eigenvalue weighted by Gasteiger charge is 2.34. The van der Waals surface area contributed by atoms with Crippen LogP contribution < -0.4 is 10.2 Å². The van der Waals surface area contributed by atoms with E-state index in [0.29, 0.717) is 29.2 Å². The molecular formula is C29H40N2O3. The molecule has 0 radical (unpaired) electrons. The van der Waals surface area contributed by atoms with Crippen molar-refractivity contribution in [2.24, 2.45) is 5.92 Å². The van der Waals surface area contributed by atoms with Crippen LogP contribution in [0.2, 0.25) is 0 Å². The number of hydrogen-bond acceptors (Lipinski definition) is 3. The second-order valence-corrected chi connectivity index (χ2v) is 9.59. The Labute approximate surface area is 204 Å². The van der Waals surface area contributed by atoms with Crippen molar-refractivity contribution in [1.82, 2.24) is 10.4 Å². The molecule has 3 rings (SSSR count). The SMILES string of the molecule is CCCC(C1CCCCC1)N(NC(=O)c1cccc(OC)c1CC)C(=O)c1cc(C)cc(C)c1. The third-order valence-corrected chi connectivity index (χ3v) is 6.97. The first-order valence-corrected chi connectivity index (χ1v) is 12.8. The number of carbonyl (C=O) groups is 2. The van der Waals surface area contributed by atoms with E-state index in [0.717, 1.165) is 42.4 Å². The molecule has 0 heterocycles. The number of hydrogen-bond donors (Lipinski definition) is 1. The fourth-order valence-electron chi connectivity index (χ4n) is 5.42. The second kappa shape index (κ2) is 12.0. The van der Waals surface area contributed by atoms with Gasteiger partial charge in [-0.05, 0) is 69.7 Å². The summed E-state index contributed by atoms with van der Waals surface area (Å²) in [7, 11) is 1.62. The lowest BCUT2D eigenvalue weighted by atomic mass is 9.81. The summed E-state index contributed by atoms with van der Waals surface area (Å²) in [6.45, 7) is 8.16. The van der Waals surface area contributed by atoms with Gasteiger partial charge in [-0.25, -0.2) is 5.01 Å². The maximum absolute atomic E-state index is 13.9. The van der Waals surface area contributed by atoms with Gasteiger partial charge in [-0.2, -0.15) is 0 Å². The predicted octanol–water partition coefficient (Wildman–Crippen LogP) is 6.41. The average molecular weight is 465 g/mol. The van der Waals surface area contributed by atoms with Crippen LogP contribution in [0.5, 0.6) is 5.75 Å².